The summed E-state index contributed by atoms with van der Waals surface area (Å²) >= 11 is 0. The number of benzene rings is 1. The minimum atomic E-state index is 0.700. The van der Waals surface area contributed by atoms with Gasteiger partial charge in [0.1, 0.15) is 11.5 Å². The number of nitrogens with one attached hydrogen (secondary N) is 2. The number of imidazole rings is 1. The van der Waals surface area contributed by atoms with E-state index in [9.17, 15) is 0 Å². The first-order valence-corrected chi connectivity index (χ1v) is 7.41. The summed E-state index contributed by atoms with van der Waals surface area (Å²) in [4.78, 5) is 7.50. The largest absolute Gasteiger partial charge is 0.364 e. The van der Waals surface area contributed by atoms with Crippen LogP contribution in [0.4, 0.5) is 5.82 Å². The van der Waals surface area contributed by atoms with Crippen LogP contribution in [0.25, 0.3) is 22.4 Å². The summed E-state index contributed by atoms with van der Waals surface area (Å²) in [5.74, 6) is 1.55. The lowest BCUT2D eigenvalue weighted by molar-refractivity contribution is 0.902. The predicted molar refractivity (Wildman–Crippen MR) is 89.9 cm³/mol. The van der Waals surface area contributed by atoms with Crippen molar-refractivity contribution in [1.29, 1.82) is 0 Å². The van der Waals surface area contributed by atoms with E-state index in [0.717, 1.165) is 22.9 Å². The highest BCUT2D eigenvalue weighted by Crippen LogP contribution is 2.19. The molecule has 114 valence electrons. The fourth-order valence-corrected chi connectivity index (χ4v) is 2.65. The Kier molecular flexibility index (Phi) is 3.27. The van der Waals surface area contributed by atoms with Crippen LogP contribution in [0.1, 0.15) is 5.56 Å². The van der Waals surface area contributed by atoms with E-state index < -0.39 is 0 Å². The predicted octanol–water partition coefficient (Wildman–Crippen LogP) is 2.97. The Morgan fingerprint density at radius 1 is 1.13 bits per heavy atom. The van der Waals surface area contributed by atoms with Crippen molar-refractivity contribution in [3.63, 3.8) is 0 Å². The summed E-state index contributed by atoms with van der Waals surface area (Å²) < 4.78 is 1.92. The van der Waals surface area contributed by atoms with Gasteiger partial charge >= 0.3 is 0 Å². The smallest absolute Gasteiger partial charge is 0.160 e. The van der Waals surface area contributed by atoms with Crippen LogP contribution in [-0.4, -0.2) is 24.7 Å². The highest BCUT2D eigenvalue weighted by Gasteiger charge is 2.06. The number of fused-ring (bicyclic) bond motifs is 1. The van der Waals surface area contributed by atoms with Gasteiger partial charge in [-0.1, -0.05) is 12.1 Å². The van der Waals surface area contributed by atoms with Gasteiger partial charge in [0, 0.05) is 43.1 Å². The maximum atomic E-state index is 4.27. The van der Waals surface area contributed by atoms with Crippen molar-refractivity contribution in [3.8, 4) is 11.5 Å². The van der Waals surface area contributed by atoms with Crippen LogP contribution >= 0.6 is 0 Å². The van der Waals surface area contributed by atoms with Crippen molar-refractivity contribution < 1.29 is 0 Å². The molecule has 0 atom stereocenters. The molecule has 0 unspecified atom stereocenters. The lowest BCUT2D eigenvalue weighted by Crippen LogP contribution is -2.03. The lowest BCUT2D eigenvalue weighted by atomic mass is 10.1. The molecule has 0 aliphatic heterocycles. The van der Waals surface area contributed by atoms with Crippen LogP contribution in [0.5, 0.6) is 0 Å². The number of hydrogen-bond acceptors (Lipinski definition) is 4. The number of nitrogens with zero attached hydrogens (tertiary/aromatic N) is 4. The fourth-order valence-electron chi connectivity index (χ4n) is 2.65. The maximum absolute atomic E-state index is 4.27. The second kappa shape index (κ2) is 5.57. The van der Waals surface area contributed by atoms with Gasteiger partial charge in [-0.25, -0.2) is 4.98 Å². The Labute approximate surface area is 133 Å². The molecule has 6 nitrogen and oxygen atoms in total. The quantitative estimate of drug-likeness (QED) is 0.608. The third-order valence-corrected chi connectivity index (χ3v) is 3.86. The number of H-pyrrole nitrogens is 1. The van der Waals surface area contributed by atoms with Crippen molar-refractivity contribution in [1.82, 2.24) is 24.7 Å². The molecular weight excluding hydrogens is 288 g/mol. The molecule has 2 N–H and O–H groups in total. The minimum Gasteiger partial charge on any atom is -0.364 e. The average Bonchev–Trinajstić information content (AvgIpc) is 3.22. The van der Waals surface area contributed by atoms with Crippen LogP contribution in [0.2, 0.25) is 0 Å². The average molecular weight is 304 g/mol. The summed E-state index contributed by atoms with van der Waals surface area (Å²) in [6.45, 7) is 0.700. The molecule has 3 aromatic heterocycles. The van der Waals surface area contributed by atoms with E-state index in [2.05, 4.69) is 43.7 Å². The second-order valence-electron chi connectivity index (χ2n) is 5.38. The molecule has 0 spiro atoms. The molecule has 0 saturated carbocycles. The molecule has 0 aliphatic carbocycles. The Bertz CT molecular complexity index is 935. The minimum absolute atomic E-state index is 0.700. The molecular formula is C17H16N6. The molecule has 0 aliphatic rings. The van der Waals surface area contributed by atoms with E-state index in [4.69, 9.17) is 0 Å². The third-order valence-electron chi connectivity index (χ3n) is 3.86. The summed E-state index contributed by atoms with van der Waals surface area (Å²) in [6, 6.07) is 12.2. The number of anilines is 1. The number of hydrogen-bond donors (Lipinski definition) is 2. The van der Waals surface area contributed by atoms with E-state index in [-0.39, 0.29) is 0 Å². The first-order valence-electron chi connectivity index (χ1n) is 7.41. The molecule has 3 heterocycles. The zero-order valence-electron chi connectivity index (χ0n) is 12.7. The van der Waals surface area contributed by atoms with Gasteiger partial charge in [-0.15, -0.1) is 10.2 Å². The SMILES string of the molecule is Cn1ccnc1-c1ccc(NCc2cccc3[nH]ccc23)nn1. The number of aromatic amines is 1. The van der Waals surface area contributed by atoms with Crippen molar-refractivity contribution >= 4 is 16.7 Å². The van der Waals surface area contributed by atoms with Gasteiger partial charge in [0.2, 0.25) is 0 Å². The van der Waals surface area contributed by atoms with Crippen LogP contribution in [-0.2, 0) is 13.6 Å². The summed E-state index contributed by atoms with van der Waals surface area (Å²) in [5, 5.41) is 13.0. The van der Waals surface area contributed by atoms with E-state index >= 15 is 0 Å². The topological polar surface area (TPSA) is 71.4 Å². The second-order valence-corrected chi connectivity index (χ2v) is 5.38. The van der Waals surface area contributed by atoms with Crippen molar-refractivity contribution in [2.45, 2.75) is 6.54 Å². The molecule has 0 amide bonds. The molecule has 0 saturated heterocycles. The van der Waals surface area contributed by atoms with Crippen molar-refractivity contribution in [2.75, 3.05) is 5.32 Å². The number of rotatable bonds is 4. The van der Waals surface area contributed by atoms with E-state index in [1.807, 2.05) is 42.2 Å². The molecule has 1 aromatic carbocycles. The van der Waals surface area contributed by atoms with Gasteiger partial charge in [0.05, 0.1) is 0 Å². The molecule has 6 heteroatoms. The molecule has 0 fully saturated rings. The van der Waals surface area contributed by atoms with Crippen LogP contribution in [0.15, 0.2) is 55.0 Å². The molecule has 4 rings (SSSR count). The highest BCUT2D eigenvalue weighted by atomic mass is 15.2. The first kappa shape index (κ1) is 13.5. The van der Waals surface area contributed by atoms with Gasteiger partial charge in [0.15, 0.2) is 5.82 Å². The van der Waals surface area contributed by atoms with Crippen LogP contribution < -0.4 is 5.32 Å². The van der Waals surface area contributed by atoms with Crippen LogP contribution in [0, 0.1) is 0 Å². The zero-order valence-corrected chi connectivity index (χ0v) is 12.7. The summed E-state index contributed by atoms with van der Waals surface area (Å²) in [5.41, 5.74) is 3.12. The first-order chi connectivity index (χ1) is 11.3. The monoisotopic (exact) mass is 304 g/mol. The van der Waals surface area contributed by atoms with Gasteiger partial charge in [-0.2, -0.15) is 0 Å². The Hall–Kier alpha value is -3.15. The van der Waals surface area contributed by atoms with E-state index in [1.54, 1.807) is 6.20 Å². The Balaban J connectivity index is 1.51. The van der Waals surface area contributed by atoms with Gasteiger partial charge < -0.3 is 14.9 Å². The van der Waals surface area contributed by atoms with E-state index in [1.165, 1.54) is 10.9 Å². The number of aryl methyl sites for hydroxylation is 1. The molecule has 0 radical (unpaired) electrons. The highest BCUT2D eigenvalue weighted by molar-refractivity contribution is 5.83. The third kappa shape index (κ3) is 2.55. The maximum Gasteiger partial charge on any atom is 0.160 e. The van der Waals surface area contributed by atoms with E-state index in [0.29, 0.717) is 6.54 Å². The van der Waals surface area contributed by atoms with Gasteiger partial charge in [-0.3, -0.25) is 0 Å². The fraction of sp³-hybridized carbons (Fsp3) is 0.118. The Morgan fingerprint density at radius 3 is 2.87 bits per heavy atom. The van der Waals surface area contributed by atoms with Crippen molar-refractivity contribution in [3.05, 3.63) is 60.6 Å². The van der Waals surface area contributed by atoms with Crippen LogP contribution in [0.3, 0.4) is 0 Å². The molecule has 0 bridgehead atoms. The Morgan fingerprint density at radius 2 is 2.09 bits per heavy atom. The van der Waals surface area contributed by atoms with Gasteiger partial charge in [-0.05, 0) is 29.8 Å². The van der Waals surface area contributed by atoms with Gasteiger partial charge in [0.25, 0.3) is 0 Å². The normalized spacial score (nSPS) is 11.0. The summed E-state index contributed by atoms with van der Waals surface area (Å²) in [7, 11) is 1.94. The summed E-state index contributed by atoms with van der Waals surface area (Å²) in [6.07, 6.45) is 5.59. The molecule has 4 aromatic rings. The zero-order chi connectivity index (χ0) is 15.6. The van der Waals surface area contributed by atoms with Crippen molar-refractivity contribution in [2.24, 2.45) is 7.05 Å². The lowest BCUT2D eigenvalue weighted by Gasteiger charge is -2.07. The number of aromatic nitrogens is 5. The standard InChI is InChI=1S/C17H16N6/c1-23-10-9-19-17(23)15-5-6-16(22-21-15)20-11-12-3-2-4-14-13(12)7-8-18-14/h2-10,18H,11H2,1H3,(H,20,22). The molecule has 23 heavy (non-hydrogen) atoms.